The molecule has 1 aromatic heterocycles. The van der Waals surface area contributed by atoms with E-state index in [0.717, 1.165) is 19.5 Å². The summed E-state index contributed by atoms with van der Waals surface area (Å²) >= 11 is 0. The van der Waals surface area contributed by atoms with Crippen molar-refractivity contribution in [3.05, 3.63) is 24.0 Å². The Morgan fingerprint density at radius 3 is 2.71 bits per heavy atom. The first kappa shape index (κ1) is 15.1. The van der Waals surface area contributed by atoms with Gasteiger partial charge >= 0.3 is 0 Å². The van der Waals surface area contributed by atoms with Gasteiger partial charge in [-0.25, -0.2) is 12.7 Å². The van der Waals surface area contributed by atoms with E-state index in [1.165, 1.54) is 24.8 Å². The van der Waals surface area contributed by atoms with Gasteiger partial charge in [-0.2, -0.15) is 0 Å². The molecular weight excluding hydrogens is 286 g/mol. The summed E-state index contributed by atoms with van der Waals surface area (Å²) in [5.41, 5.74) is 1.38. The van der Waals surface area contributed by atoms with Crippen LogP contribution in [0, 0.1) is 5.92 Å². The van der Waals surface area contributed by atoms with Gasteiger partial charge in [0, 0.05) is 38.6 Å². The first-order valence-corrected chi connectivity index (χ1v) is 9.60. The Morgan fingerprint density at radius 2 is 2.10 bits per heavy atom. The highest BCUT2D eigenvalue weighted by Gasteiger charge is 2.33. The molecule has 0 radical (unpaired) electrons. The van der Waals surface area contributed by atoms with Gasteiger partial charge in [-0.3, -0.25) is 4.90 Å². The zero-order valence-electron chi connectivity index (χ0n) is 12.9. The van der Waals surface area contributed by atoms with E-state index < -0.39 is 10.0 Å². The minimum Gasteiger partial charge on any atom is -0.353 e. The maximum atomic E-state index is 11.6. The number of rotatable bonds is 4. The fourth-order valence-electron chi connectivity index (χ4n) is 3.78. The maximum Gasteiger partial charge on any atom is 0.211 e. The van der Waals surface area contributed by atoms with Crippen LogP contribution in [-0.2, 0) is 17.1 Å². The summed E-state index contributed by atoms with van der Waals surface area (Å²) in [5.74, 6) is 0.473. The van der Waals surface area contributed by atoms with E-state index in [-0.39, 0.29) is 0 Å². The molecule has 6 heteroatoms. The fourth-order valence-corrected chi connectivity index (χ4v) is 4.70. The third-order valence-electron chi connectivity index (χ3n) is 4.90. The van der Waals surface area contributed by atoms with Crippen LogP contribution in [0.25, 0.3) is 0 Å². The van der Waals surface area contributed by atoms with Crippen molar-refractivity contribution < 1.29 is 8.42 Å². The second-order valence-corrected chi connectivity index (χ2v) is 8.46. The number of aryl methyl sites for hydroxylation is 1. The van der Waals surface area contributed by atoms with Gasteiger partial charge < -0.3 is 4.57 Å². The van der Waals surface area contributed by atoms with Crippen LogP contribution in [0.4, 0.5) is 0 Å². The van der Waals surface area contributed by atoms with Crippen LogP contribution in [0.1, 0.15) is 31.0 Å². The summed E-state index contributed by atoms with van der Waals surface area (Å²) in [7, 11) is -0.918. The smallest absolute Gasteiger partial charge is 0.211 e. The van der Waals surface area contributed by atoms with Gasteiger partial charge in [0.1, 0.15) is 0 Å². The molecule has 2 aliphatic rings. The molecule has 0 aromatic carbocycles. The quantitative estimate of drug-likeness (QED) is 0.845. The van der Waals surface area contributed by atoms with E-state index in [0.29, 0.717) is 25.0 Å². The van der Waals surface area contributed by atoms with Crippen molar-refractivity contribution in [1.82, 2.24) is 13.8 Å². The molecule has 2 aliphatic heterocycles. The molecule has 5 nitrogen and oxygen atoms in total. The predicted octanol–water partition coefficient (Wildman–Crippen LogP) is 1.44. The van der Waals surface area contributed by atoms with Gasteiger partial charge in [0.05, 0.1) is 12.3 Å². The zero-order valence-corrected chi connectivity index (χ0v) is 13.7. The van der Waals surface area contributed by atoms with E-state index in [1.54, 1.807) is 4.31 Å². The molecule has 0 saturated carbocycles. The molecule has 1 aromatic rings. The van der Waals surface area contributed by atoms with Crippen molar-refractivity contribution in [2.75, 3.05) is 32.4 Å². The lowest BCUT2D eigenvalue weighted by Crippen LogP contribution is -2.33. The molecule has 0 aliphatic carbocycles. The highest BCUT2D eigenvalue weighted by atomic mass is 32.2. The number of hydrogen-bond donors (Lipinski definition) is 0. The molecule has 0 amide bonds. The van der Waals surface area contributed by atoms with Crippen molar-refractivity contribution >= 4 is 10.0 Å². The summed E-state index contributed by atoms with van der Waals surface area (Å²) < 4.78 is 27.1. The SMILES string of the molecule is Cn1cccc1C1CCCN1CC1CCN(S(C)(=O)=O)C1. The minimum atomic E-state index is -3.02. The van der Waals surface area contributed by atoms with E-state index in [9.17, 15) is 8.42 Å². The van der Waals surface area contributed by atoms with E-state index in [1.807, 2.05) is 0 Å². The molecule has 118 valence electrons. The summed E-state index contributed by atoms with van der Waals surface area (Å²) in [6.45, 7) is 3.52. The minimum absolute atomic E-state index is 0.473. The van der Waals surface area contributed by atoms with E-state index in [4.69, 9.17) is 0 Å². The number of aromatic nitrogens is 1. The molecule has 2 unspecified atom stereocenters. The highest BCUT2D eigenvalue weighted by molar-refractivity contribution is 7.88. The van der Waals surface area contributed by atoms with Crippen molar-refractivity contribution in [2.24, 2.45) is 13.0 Å². The second kappa shape index (κ2) is 5.74. The predicted molar refractivity (Wildman–Crippen MR) is 83.5 cm³/mol. The number of hydrogen-bond acceptors (Lipinski definition) is 3. The summed E-state index contributed by atoms with van der Waals surface area (Å²) in [5, 5.41) is 0. The van der Waals surface area contributed by atoms with Crippen molar-refractivity contribution in [1.29, 1.82) is 0 Å². The molecular formula is C15H25N3O2S. The molecule has 2 atom stereocenters. The van der Waals surface area contributed by atoms with Gasteiger partial charge in [0.25, 0.3) is 0 Å². The van der Waals surface area contributed by atoms with Gasteiger partial charge in [-0.15, -0.1) is 0 Å². The molecule has 2 saturated heterocycles. The number of sulfonamides is 1. The third-order valence-corrected chi connectivity index (χ3v) is 6.17. The third kappa shape index (κ3) is 3.17. The lowest BCUT2D eigenvalue weighted by Gasteiger charge is -2.27. The Kier molecular flexibility index (Phi) is 4.12. The van der Waals surface area contributed by atoms with Crippen LogP contribution >= 0.6 is 0 Å². The normalized spacial score (nSPS) is 28.5. The molecule has 2 fully saturated rings. The van der Waals surface area contributed by atoms with Gasteiger partial charge in [0.15, 0.2) is 0 Å². The van der Waals surface area contributed by atoms with Gasteiger partial charge in [0.2, 0.25) is 10.0 Å². The lowest BCUT2D eigenvalue weighted by atomic mass is 10.1. The highest BCUT2D eigenvalue weighted by Crippen LogP contribution is 2.33. The lowest BCUT2D eigenvalue weighted by molar-refractivity contribution is 0.213. The van der Waals surface area contributed by atoms with E-state index >= 15 is 0 Å². The van der Waals surface area contributed by atoms with Crippen molar-refractivity contribution in [3.8, 4) is 0 Å². The van der Waals surface area contributed by atoms with Crippen LogP contribution < -0.4 is 0 Å². The molecule has 0 spiro atoms. The Morgan fingerprint density at radius 1 is 1.29 bits per heavy atom. The fraction of sp³-hybridized carbons (Fsp3) is 0.733. The van der Waals surface area contributed by atoms with Crippen molar-refractivity contribution in [2.45, 2.75) is 25.3 Å². The topological polar surface area (TPSA) is 45.5 Å². The molecule has 0 N–H and O–H groups in total. The molecule has 3 rings (SSSR count). The van der Waals surface area contributed by atoms with Crippen LogP contribution in [0.5, 0.6) is 0 Å². The van der Waals surface area contributed by atoms with Gasteiger partial charge in [-0.1, -0.05) is 0 Å². The number of nitrogens with zero attached hydrogens (tertiary/aromatic N) is 3. The summed E-state index contributed by atoms with van der Waals surface area (Å²) in [4.78, 5) is 2.55. The summed E-state index contributed by atoms with van der Waals surface area (Å²) in [6, 6.07) is 4.81. The maximum absolute atomic E-state index is 11.6. The average molecular weight is 311 g/mol. The molecule has 3 heterocycles. The molecule has 0 bridgehead atoms. The van der Waals surface area contributed by atoms with E-state index in [2.05, 4.69) is 34.8 Å². The van der Waals surface area contributed by atoms with Crippen molar-refractivity contribution in [3.63, 3.8) is 0 Å². The Balaban J connectivity index is 1.64. The monoisotopic (exact) mass is 311 g/mol. The molecule has 21 heavy (non-hydrogen) atoms. The first-order chi connectivity index (χ1) is 9.95. The zero-order chi connectivity index (χ0) is 15.0. The first-order valence-electron chi connectivity index (χ1n) is 7.75. The average Bonchev–Trinajstić information content (AvgIpc) is 3.09. The summed E-state index contributed by atoms with van der Waals surface area (Å²) in [6.07, 6.45) is 6.85. The van der Waals surface area contributed by atoms with Crippen LogP contribution in [-0.4, -0.2) is 54.6 Å². The van der Waals surface area contributed by atoms with Crippen LogP contribution in [0.2, 0.25) is 0 Å². The Bertz CT molecular complexity index is 596. The number of likely N-dealkylation sites (tertiary alicyclic amines) is 1. The second-order valence-electron chi connectivity index (χ2n) is 6.47. The van der Waals surface area contributed by atoms with Gasteiger partial charge in [-0.05, 0) is 43.9 Å². The van der Waals surface area contributed by atoms with Crippen LogP contribution in [0.3, 0.4) is 0 Å². The largest absolute Gasteiger partial charge is 0.353 e. The Labute approximate surface area is 127 Å². The Hall–Kier alpha value is -0.850. The standard InChI is InChI=1S/C15H25N3O2S/c1-16-8-3-5-14(16)15-6-4-9-17(15)11-13-7-10-18(12-13)21(2,19)20/h3,5,8,13,15H,4,6-7,9-12H2,1-2H3. The van der Waals surface area contributed by atoms with Crippen LogP contribution in [0.15, 0.2) is 18.3 Å².